The molecule has 25 heavy (non-hydrogen) atoms. The van der Waals surface area contributed by atoms with Gasteiger partial charge in [0.2, 0.25) is 0 Å². The van der Waals surface area contributed by atoms with Crippen LogP contribution in [0, 0.1) is 26.2 Å². The predicted octanol–water partition coefficient (Wildman–Crippen LogP) is 3.86. The molecule has 1 aliphatic carbocycles. The molecule has 2 atom stereocenters. The Hall–Kier alpha value is -1.68. The minimum absolute atomic E-state index is 0.0391. The van der Waals surface area contributed by atoms with E-state index in [1.807, 2.05) is 13.8 Å². The standard InChI is InChI=1S/C21H30O4/c1-6-25-20(23)21(9-7-8-17(13-21)24-5)19(22)12-18-15(3)10-14(2)11-16(18)4/h10-11,17H,6-9,12-13H2,1-5H3. The van der Waals surface area contributed by atoms with Crippen LogP contribution >= 0.6 is 0 Å². The van der Waals surface area contributed by atoms with Crippen molar-refractivity contribution in [3.05, 3.63) is 34.4 Å². The first-order valence-electron chi connectivity index (χ1n) is 9.14. The number of carbonyl (C=O) groups is 2. The van der Waals surface area contributed by atoms with E-state index in [2.05, 4.69) is 19.1 Å². The lowest BCUT2D eigenvalue weighted by atomic mass is 9.68. The lowest BCUT2D eigenvalue weighted by Gasteiger charge is -2.37. The molecule has 0 amide bonds. The Morgan fingerprint density at radius 1 is 1.20 bits per heavy atom. The molecule has 1 aromatic rings. The van der Waals surface area contributed by atoms with Crippen molar-refractivity contribution in [2.45, 2.75) is 65.9 Å². The van der Waals surface area contributed by atoms with Gasteiger partial charge in [-0.05, 0) is 70.1 Å². The second kappa shape index (κ2) is 8.13. The summed E-state index contributed by atoms with van der Waals surface area (Å²) < 4.78 is 10.8. The van der Waals surface area contributed by atoms with Gasteiger partial charge in [-0.15, -0.1) is 0 Å². The molecule has 2 rings (SSSR count). The Morgan fingerprint density at radius 2 is 1.84 bits per heavy atom. The molecule has 0 saturated heterocycles. The number of ether oxygens (including phenoxy) is 2. The summed E-state index contributed by atoms with van der Waals surface area (Å²) >= 11 is 0. The van der Waals surface area contributed by atoms with Crippen LogP contribution < -0.4 is 0 Å². The normalized spacial score (nSPS) is 23.3. The van der Waals surface area contributed by atoms with Gasteiger partial charge in [0.05, 0.1) is 12.7 Å². The van der Waals surface area contributed by atoms with Crippen LogP contribution in [0.25, 0.3) is 0 Å². The molecular weight excluding hydrogens is 316 g/mol. The van der Waals surface area contributed by atoms with Gasteiger partial charge in [0, 0.05) is 13.5 Å². The summed E-state index contributed by atoms with van der Waals surface area (Å²) in [6.45, 7) is 8.17. The molecule has 1 saturated carbocycles. The van der Waals surface area contributed by atoms with Gasteiger partial charge in [0.25, 0.3) is 0 Å². The molecule has 1 aliphatic rings. The Morgan fingerprint density at radius 3 is 2.40 bits per heavy atom. The molecule has 0 aromatic heterocycles. The van der Waals surface area contributed by atoms with Gasteiger partial charge >= 0.3 is 5.97 Å². The third kappa shape index (κ3) is 4.12. The monoisotopic (exact) mass is 346 g/mol. The third-order valence-electron chi connectivity index (χ3n) is 5.42. The zero-order valence-electron chi connectivity index (χ0n) is 16.1. The second-order valence-electron chi connectivity index (χ2n) is 7.23. The number of methoxy groups -OCH3 is 1. The maximum Gasteiger partial charge on any atom is 0.319 e. The first-order valence-corrected chi connectivity index (χ1v) is 9.14. The fraction of sp³-hybridized carbons (Fsp3) is 0.619. The summed E-state index contributed by atoms with van der Waals surface area (Å²) in [6.07, 6.45) is 2.86. The van der Waals surface area contributed by atoms with E-state index in [-0.39, 0.29) is 30.9 Å². The van der Waals surface area contributed by atoms with Gasteiger partial charge < -0.3 is 9.47 Å². The Balaban J connectivity index is 2.35. The summed E-state index contributed by atoms with van der Waals surface area (Å²) in [5.74, 6) is -0.424. The van der Waals surface area contributed by atoms with Gasteiger partial charge in [-0.25, -0.2) is 0 Å². The first kappa shape index (κ1) is 19.6. The molecule has 138 valence electrons. The van der Waals surface area contributed by atoms with E-state index in [1.165, 1.54) is 5.56 Å². The van der Waals surface area contributed by atoms with Gasteiger partial charge in [-0.3, -0.25) is 9.59 Å². The summed E-state index contributed by atoms with van der Waals surface area (Å²) in [5, 5.41) is 0. The van der Waals surface area contributed by atoms with Crippen molar-refractivity contribution in [2.75, 3.05) is 13.7 Å². The number of hydrogen-bond acceptors (Lipinski definition) is 4. The Labute approximate surface area is 150 Å². The number of benzene rings is 1. The molecular formula is C21H30O4. The molecule has 1 fully saturated rings. The molecule has 2 unspecified atom stereocenters. The number of rotatable bonds is 6. The van der Waals surface area contributed by atoms with Gasteiger partial charge in [0.1, 0.15) is 5.41 Å². The quantitative estimate of drug-likeness (QED) is 0.580. The first-order chi connectivity index (χ1) is 11.8. The van der Waals surface area contributed by atoms with Crippen molar-refractivity contribution in [1.29, 1.82) is 0 Å². The van der Waals surface area contributed by atoms with Crippen LogP contribution in [-0.2, 0) is 25.5 Å². The zero-order chi connectivity index (χ0) is 18.6. The maximum absolute atomic E-state index is 13.3. The molecule has 0 aliphatic heterocycles. The number of esters is 1. The highest BCUT2D eigenvalue weighted by Gasteiger charge is 2.49. The lowest BCUT2D eigenvalue weighted by molar-refractivity contribution is -0.165. The highest BCUT2D eigenvalue weighted by atomic mass is 16.5. The number of carbonyl (C=O) groups excluding carboxylic acids is 2. The van der Waals surface area contributed by atoms with E-state index in [9.17, 15) is 9.59 Å². The average Bonchev–Trinajstić information content (AvgIpc) is 2.57. The predicted molar refractivity (Wildman–Crippen MR) is 97.7 cm³/mol. The number of aryl methyl sites for hydroxylation is 3. The highest BCUT2D eigenvalue weighted by Crippen LogP contribution is 2.41. The van der Waals surface area contributed by atoms with Gasteiger partial charge in [-0.2, -0.15) is 0 Å². The van der Waals surface area contributed by atoms with E-state index >= 15 is 0 Å². The van der Waals surface area contributed by atoms with E-state index in [0.717, 1.165) is 29.5 Å². The maximum atomic E-state index is 13.3. The molecule has 0 spiro atoms. The Bertz CT molecular complexity index is 626. The van der Waals surface area contributed by atoms with E-state index in [1.54, 1.807) is 14.0 Å². The van der Waals surface area contributed by atoms with Gasteiger partial charge in [-0.1, -0.05) is 17.7 Å². The highest BCUT2D eigenvalue weighted by molar-refractivity contribution is 6.05. The lowest BCUT2D eigenvalue weighted by Crippen LogP contribution is -2.47. The van der Waals surface area contributed by atoms with Crippen molar-refractivity contribution < 1.29 is 19.1 Å². The minimum atomic E-state index is -1.07. The van der Waals surface area contributed by atoms with E-state index < -0.39 is 5.41 Å². The van der Waals surface area contributed by atoms with Crippen molar-refractivity contribution in [3.8, 4) is 0 Å². The van der Waals surface area contributed by atoms with Crippen LogP contribution in [0.5, 0.6) is 0 Å². The fourth-order valence-corrected chi connectivity index (χ4v) is 4.07. The van der Waals surface area contributed by atoms with Crippen LogP contribution in [-0.4, -0.2) is 31.6 Å². The summed E-state index contributed by atoms with van der Waals surface area (Å²) in [7, 11) is 1.64. The van der Waals surface area contributed by atoms with Crippen LogP contribution in [0.2, 0.25) is 0 Å². The Kier molecular flexibility index (Phi) is 6.39. The average molecular weight is 346 g/mol. The van der Waals surface area contributed by atoms with Crippen molar-refractivity contribution in [1.82, 2.24) is 0 Å². The largest absolute Gasteiger partial charge is 0.465 e. The van der Waals surface area contributed by atoms with E-state index in [0.29, 0.717) is 12.8 Å². The summed E-state index contributed by atoms with van der Waals surface area (Å²) in [5.41, 5.74) is 3.34. The van der Waals surface area contributed by atoms with Crippen molar-refractivity contribution >= 4 is 11.8 Å². The zero-order valence-corrected chi connectivity index (χ0v) is 16.1. The molecule has 0 N–H and O–H groups in total. The molecule has 1 aromatic carbocycles. The molecule has 0 radical (unpaired) electrons. The van der Waals surface area contributed by atoms with Crippen molar-refractivity contribution in [2.24, 2.45) is 5.41 Å². The number of ketones is 1. The molecule has 0 bridgehead atoms. The summed E-state index contributed by atoms with van der Waals surface area (Å²) in [6, 6.07) is 4.18. The SMILES string of the molecule is CCOC(=O)C1(C(=O)Cc2c(C)cc(C)cc2C)CCCC(OC)C1. The van der Waals surface area contributed by atoms with Crippen molar-refractivity contribution in [3.63, 3.8) is 0 Å². The fourth-order valence-electron chi connectivity index (χ4n) is 4.07. The molecule has 4 nitrogen and oxygen atoms in total. The summed E-state index contributed by atoms with van der Waals surface area (Å²) in [4.78, 5) is 26.0. The van der Waals surface area contributed by atoms with Crippen LogP contribution in [0.15, 0.2) is 12.1 Å². The number of Topliss-reactive ketones (excluding diaryl/α,β-unsaturated/α-hetero) is 1. The molecule has 4 heteroatoms. The van der Waals surface area contributed by atoms with Crippen LogP contribution in [0.4, 0.5) is 0 Å². The third-order valence-corrected chi connectivity index (χ3v) is 5.42. The van der Waals surface area contributed by atoms with Crippen LogP contribution in [0.3, 0.4) is 0 Å². The second-order valence-corrected chi connectivity index (χ2v) is 7.23. The smallest absolute Gasteiger partial charge is 0.319 e. The molecule has 0 heterocycles. The number of hydrogen-bond donors (Lipinski definition) is 0. The van der Waals surface area contributed by atoms with E-state index in [4.69, 9.17) is 9.47 Å². The topological polar surface area (TPSA) is 52.6 Å². The van der Waals surface area contributed by atoms with Gasteiger partial charge in [0.15, 0.2) is 5.78 Å². The minimum Gasteiger partial charge on any atom is -0.465 e. The van der Waals surface area contributed by atoms with Crippen LogP contribution in [0.1, 0.15) is 54.9 Å².